The molecule has 1 aliphatic heterocycles. The van der Waals surface area contributed by atoms with Gasteiger partial charge < -0.3 is 24.0 Å². The summed E-state index contributed by atoms with van der Waals surface area (Å²) < 4.78 is 44.9. The number of benzene rings is 2. The Balaban J connectivity index is 1.48. The van der Waals surface area contributed by atoms with E-state index in [0.717, 1.165) is 12.1 Å². The van der Waals surface area contributed by atoms with Gasteiger partial charge in [0.15, 0.2) is 11.6 Å². The first-order valence-corrected chi connectivity index (χ1v) is 12.2. The van der Waals surface area contributed by atoms with E-state index in [1.165, 1.54) is 6.07 Å². The van der Waals surface area contributed by atoms with Gasteiger partial charge in [-0.3, -0.25) is 9.59 Å². The summed E-state index contributed by atoms with van der Waals surface area (Å²) in [7, 11) is 3.67. The third kappa shape index (κ3) is 6.11. The number of aryl methyl sites for hydroxylation is 1. The van der Waals surface area contributed by atoms with E-state index in [4.69, 9.17) is 11.6 Å². The number of aromatic nitrogens is 2. The summed E-state index contributed by atoms with van der Waals surface area (Å²) in [5.74, 6) is -1.09. The number of likely N-dealkylation sites (N-methyl/N-ethyl adjacent to an activating group) is 1. The fraction of sp³-hybridized carbons (Fsp3) is 0.346. The van der Waals surface area contributed by atoms with E-state index in [9.17, 15) is 22.8 Å². The molecule has 0 atom stereocenters. The number of ether oxygens (including phenoxy) is 1. The summed E-state index contributed by atoms with van der Waals surface area (Å²) >= 11 is 6.51. The van der Waals surface area contributed by atoms with E-state index in [2.05, 4.69) is 9.72 Å². The Hall–Kier alpha value is -3.57. The maximum absolute atomic E-state index is 14.2. The highest BCUT2D eigenvalue weighted by atomic mass is 35.5. The minimum atomic E-state index is -3.13. The van der Waals surface area contributed by atoms with Crippen LogP contribution in [-0.2, 0) is 4.79 Å². The summed E-state index contributed by atoms with van der Waals surface area (Å²) in [6.45, 7) is 0.693. The predicted octanol–water partition coefficient (Wildman–Crippen LogP) is 4.09. The van der Waals surface area contributed by atoms with Crippen molar-refractivity contribution in [3.05, 3.63) is 64.8 Å². The first-order valence-electron chi connectivity index (χ1n) is 11.9. The Morgan fingerprint density at radius 2 is 1.76 bits per heavy atom. The van der Waals surface area contributed by atoms with Gasteiger partial charge in [0, 0.05) is 43.6 Å². The number of carbonyl (C=O) groups is 2. The highest BCUT2D eigenvalue weighted by Crippen LogP contribution is 2.29. The zero-order valence-corrected chi connectivity index (χ0v) is 21.9. The van der Waals surface area contributed by atoms with E-state index in [1.807, 2.05) is 19.0 Å². The summed E-state index contributed by atoms with van der Waals surface area (Å²) in [6.07, 6.45) is 1.66. The number of hydrogen-bond donors (Lipinski definition) is 0. The van der Waals surface area contributed by atoms with Crippen molar-refractivity contribution in [2.45, 2.75) is 13.5 Å². The number of halogens is 4. The normalized spacial score (nSPS) is 13.9. The van der Waals surface area contributed by atoms with Gasteiger partial charge in [-0.1, -0.05) is 11.6 Å². The monoisotopic (exact) mass is 549 g/mol. The number of imidazole rings is 1. The SMILES string of the molecule is Cc1nc(-c2ccc(OC(F)F)c(F)c2)cn1-c1ccc(C(=O)N2CCN(C(=O)CN(C)C)CC2)c(Cl)c1. The van der Waals surface area contributed by atoms with Crippen molar-refractivity contribution in [1.82, 2.24) is 24.3 Å². The van der Waals surface area contributed by atoms with Crippen LogP contribution in [0.5, 0.6) is 5.75 Å². The van der Waals surface area contributed by atoms with Gasteiger partial charge in [-0.15, -0.1) is 0 Å². The van der Waals surface area contributed by atoms with Gasteiger partial charge in [-0.05, 0) is 57.4 Å². The summed E-state index contributed by atoms with van der Waals surface area (Å²) in [4.78, 5) is 35.1. The van der Waals surface area contributed by atoms with Crippen LogP contribution in [0.3, 0.4) is 0 Å². The van der Waals surface area contributed by atoms with Crippen LogP contribution in [0.25, 0.3) is 16.9 Å². The number of amides is 2. The molecule has 0 unspecified atom stereocenters. The molecule has 0 saturated carbocycles. The minimum Gasteiger partial charge on any atom is -0.432 e. The highest BCUT2D eigenvalue weighted by Gasteiger charge is 2.26. The Labute approximate surface area is 223 Å². The number of piperazine rings is 1. The standard InChI is InChI=1S/C26H27ClF3N5O3/c1-16-31-22(17-4-7-23(21(28)12-17)38-26(29)30)14-35(16)18-5-6-19(20(27)13-18)25(37)34-10-8-33(9-11-34)24(36)15-32(2)3/h4-7,12-14,26H,8-11,15H2,1-3H3. The average molecular weight is 550 g/mol. The number of alkyl halides is 2. The first kappa shape index (κ1) is 27.5. The van der Waals surface area contributed by atoms with Crippen molar-refractivity contribution in [3.8, 4) is 22.7 Å². The lowest BCUT2D eigenvalue weighted by Gasteiger charge is -2.35. The van der Waals surface area contributed by atoms with Gasteiger partial charge in [0.05, 0.1) is 22.8 Å². The third-order valence-electron chi connectivity index (χ3n) is 6.16. The molecule has 3 aromatic rings. The molecule has 0 radical (unpaired) electrons. The van der Waals surface area contributed by atoms with Crippen LogP contribution in [0.2, 0.25) is 5.02 Å². The highest BCUT2D eigenvalue weighted by molar-refractivity contribution is 6.34. The quantitative estimate of drug-likeness (QED) is 0.444. The zero-order chi connectivity index (χ0) is 27.6. The van der Waals surface area contributed by atoms with Crippen molar-refractivity contribution in [1.29, 1.82) is 0 Å². The number of carbonyl (C=O) groups excluding carboxylic acids is 2. The fourth-order valence-electron chi connectivity index (χ4n) is 4.25. The van der Waals surface area contributed by atoms with E-state index < -0.39 is 18.2 Å². The number of nitrogens with zero attached hydrogens (tertiary/aromatic N) is 5. The van der Waals surface area contributed by atoms with Crippen LogP contribution in [0, 0.1) is 12.7 Å². The second kappa shape index (κ2) is 11.4. The van der Waals surface area contributed by atoms with E-state index in [0.29, 0.717) is 61.1 Å². The molecule has 0 spiro atoms. The molecule has 2 amide bonds. The number of rotatable bonds is 7. The van der Waals surface area contributed by atoms with Gasteiger partial charge >= 0.3 is 6.61 Å². The van der Waals surface area contributed by atoms with Crippen LogP contribution in [0.4, 0.5) is 13.2 Å². The Morgan fingerprint density at radius 3 is 2.37 bits per heavy atom. The molecule has 1 aromatic heterocycles. The molecule has 8 nitrogen and oxygen atoms in total. The zero-order valence-electron chi connectivity index (χ0n) is 21.1. The van der Waals surface area contributed by atoms with Crippen molar-refractivity contribution >= 4 is 23.4 Å². The minimum absolute atomic E-state index is 0.0275. The van der Waals surface area contributed by atoms with Crippen LogP contribution in [0.1, 0.15) is 16.2 Å². The molecule has 202 valence electrons. The summed E-state index contributed by atoms with van der Waals surface area (Å²) in [5.41, 5.74) is 1.79. The third-order valence-corrected chi connectivity index (χ3v) is 6.47. The van der Waals surface area contributed by atoms with Gasteiger partial charge in [0.2, 0.25) is 5.91 Å². The molecule has 38 heavy (non-hydrogen) atoms. The van der Waals surface area contributed by atoms with Crippen molar-refractivity contribution < 1.29 is 27.5 Å². The molecule has 0 N–H and O–H groups in total. The van der Waals surface area contributed by atoms with Crippen LogP contribution in [-0.4, -0.2) is 89.5 Å². The predicted molar refractivity (Wildman–Crippen MR) is 136 cm³/mol. The Morgan fingerprint density at radius 1 is 1.08 bits per heavy atom. The van der Waals surface area contributed by atoms with E-state index in [-0.39, 0.29) is 16.8 Å². The molecule has 2 heterocycles. The Bertz CT molecular complexity index is 1340. The molecule has 2 aromatic carbocycles. The van der Waals surface area contributed by atoms with Gasteiger partial charge in [0.1, 0.15) is 5.82 Å². The Kier molecular flexibility index (Phi) is 8.27. The molecule has 4 rings (SSSR count). The molecule has 1 saturated heterocycles. The van der Waals surface area contributed by atoms with Crippen LogP contribution >= 0.6 is 11.6 Å². The van der Waals surface area contributed by atoms with Crippen molar-refractivity contribution in [3.63, 3.8) is 0 Å². The lowest BCUT2D eigenvalue weighted by molar-refractivity contribution is -0.133. The molecule has 1 fully saturated rings. The van der Waals surface area contributed by atoms with Crippen LogP contribution in [0.15, 0.2) is 42.6 Å². The lowest BCUT2D eigenvalue weighted by Crippen LogP contribution is -2.52. The fourth-order valence-corrected chi connectivity index (χ4v) is 4.51. The molecule has 0 bridgehead atoms. The first-order chi connectivity index (χ1) is 18.0. The van der Waals surface area contributed by atoms with Gasteiger partial charge in [-0.2, -0.15) is 8.78 Å². The lowest BCUT2D eigenvalue weighted by atomic mass is 10.1. The molecular formula is C26H27ClF3N5O3. The van der Waals surface area contributed by atoms with Crippen molar-refractivity contribution in [2.24, 2.45) is 0 Å². The van der Waals surface area contributed by atoms with E-state index >= 15 is 0 Å². The summed E-state index contributed by atoms with van der Waals surface area (Å²) in [5, 5.41) is 0.257. The maximum atomic E-state index is 14.2. The van der Waals surface area contributed by atoms with Crippen LogP contribution < -0.4 is 4.74 Å². The number of hydrogen-bond acceptors (Lipinski definition) is 5. The van der Waals surface area contributed by atoms with Gasteiger partial charge in [-0.25, -0.2) is 9.37 Å². The maximum Gasteiger partial charge on any atom is 0.387 e. The summed E-state index contributed by atoms with van der Waals surface area (Å²) in [6, 6.07) is 8.65. The molecule has 12 heteroatoms. The average Bonchev–Trinajstić information content (AvgIpc) is 3.25. The second-order valence-electron chi connectivity index (χ2n) is 9.14. The molecule has 0 aliphatic carbocycles. The smallest absolute Gasteiger partial charge is 0.387 e. The van der Waals surface area contributed by atoms with E-state index in [1.54, 1.807) is 45.7 Å². The van der Waals surface area contributed by atoms with Crippen molar-refractivity contribution in [2.75, 3.05) is 46.8 Å². The van der Waals surface area contributed by atoms with Gasteiger partial charge in [0.25, 0.3) is 5.91 Å². The molecular weight excluding hydrogens is 523 g/mol. The molecule has 1 aliphatic rings. The largest absolute Gasteiger partial charge is 0.432 e. The topological polar surface area (TPSA) is 70.9 Å². The second-order valence-corrected chi connectivity index (χ2v) is 9.55.